The predicted molar refractivity (Wildman–Crippen MR) is 120 cm³/mol. The van der Waals surface area contributed by atoms with Crippen molar-refractivity contribution in [1.29, 1.82) is 0 Å². The smallest absolute Gasteiger partial charge is 0.323 e. The van der Waals surface area contributed by atoms with E-state index in [1.807, 2.05) is 24.3 Å². The molecule has 9 heteroatoms. The number of urea groups is 1. The van der Waals surface area contributed by atoms with Crippen LogP contribution < -0.4 is 15.0 Å². The number of nitrogens with one attached hydrogen (secondary N) is 1. The Balaban J connectivity index is 1.42. The summed E-state index contributed by atoms with van der Waals surface area (Å²) in [7, 11) is 1.48. The molecule has 1 aliphatic rings. The fourth-order valence-electron chi connectivity index (χ4n) is 3.49. The number of nitrogens with zero attached hydrogens (tertiary/aromatic N) is 4. The number of hydrogen-bond donors (Lipinski definition) is 1. The largest absolute Gasteiger partial charge is 0.478 e. The zero-order valence-corrected chi connectivity index (χ0v) is 18.0. The topological polar surface area (TPSA) is 87.7 Å². The van der Waals surface area contributed by atoms with E-state index >= 15 is 0 Å². The number of ether oxygens (including phenoxy) is 1. The molecule has 8 nitrogen and oxygen atoms in total. The zero-order valence-electron chi connectivity index (χ0n) is 17.3. The number of piperazine rings is 1. The van der Waals surface area contributed by atoms with Crippen LogP contribution in [0.25, 0.3) is 11.0 Å². The maximum Gasteiger partial charge on any atom is 0.323 e. The van der Waals surface area contributed by atoms with Gasteiger partial charge < -0.3 is 14.5 Å². The van der Waals surface area contributed by atoms with Gasteiger partial charge in [0.25, 0.3) is 5.88 Å². The fourth-order valence-corrected chi connectivity index (χ4v) is 3.66. The van der Waals surface area contributed by atoms with Gasteiger partial charge in [-0.05, 0) is 49.4 Å². The highest BCUT2D eigenvalue weighted by Crippen LogP contribution is 2.25. The van der Waals surface area contributed by atoms with Gasteiger partial charge in [-0.25, -0.2) is 14.8 Å². The number of anilines is 2. The number of hydrogen-bond acceptors (Lipinski definition) is 6. The SMILES string of the molecule is COc1nc2ccc(Cl)cc2nc1NC(=O)N1CCN(c2ccc(C(C)=O)cc2)CC1. The molecule has 2 amide bonds. The maximum atomic E-state index is 12.8. The molecule has 1 saturated heterocycles. The fraction of sp³-hybridized carbons (Fsp3) is 0.273. The number of halogens is 1. The standard InChI is InChI=1S/C22H22ClN5O3/c1-14(29)15-3-6-17(7-4-15)27-9-11-28(12-10-27)22(30)26-20-21(31-2)25-18-8-5-16(23)13-19(18)24-20/h3-8,13H,9-12H2,1-2H3,(H,24,26,30). The van der Waals surface area contributed by atoms with Crippen LogP contribution in [-0.4, -0.2) is 60.0 Å². The van der Waals surface area contributed by atoms with Gasteiger partial charge in [0.1, 0.15) is 0 Å². The minimum Gasteiger partial charge on any atom is -0.478 e. The Labute approximate surface area is 184 Å². The van der Waals surface area contributed by atoms with Gasteiger partial charge in [0, 0.05) is 42.5 Å². The molecule has 0 bridgehead atoms. The molecule has 1 N–H and O–H groups in total. The Bertz CT molecular complexity index is 1130. The molecule has 0 aliphatic carbocycles. The molecule has 1 fully saturated rings. The summed E-state index contributed by atoms with van der Waals surface area (Å²) in [6.45, 7) is 4.02. The van der Waals surface area contributed by atoms with Gasteiger partial charge in [-0.3, -0.25) is 10.1 Å². The molecule has 0 saturated carbocycles. The van der Waals surface area contributed by atoms with E-state index in [1.54, 1.807) is 30.0 Å². The van der Waals surface area contributed by atoms with E-state index in [9.17, 15) is 9.59 Å². The normalized spacial score (nSPS) is 13.9. The summed E-state index contributed by atoms with van der Waals surface area (Å²) in [5.74, 6) is 0.541. The molecule has 3 aromatic rings. The summed E-state index contributed by atoms with van der Waals surface area (Å²) in [5, 5.41) is 3.35. The molecular formula is C22H22ClN5O3. The number of rotatable bonds is 4. The van der Waals surface area contributed by atoms with Crippen molar-refractivity contribution >= 4 is 46.0 Å². The number of methoxy groups -OCH3 is 1. The lowest BCUT2D eigenvalue weighted by Crippen LogP contribution is -2.50. The molecule has 0 spiro atoms. The quantitative estimate of drug-likeness (QED) is 0.621. The molecule has 0 radical (unpaired) electrons. The second-order valence-electron chi connectivity index (χ2n) is 7.22. The molecular weight excluding hydrogens is 418 g/mol. The third kappa shape index (κ3) is 4.54. The van der Waals surface area contributed by atoms with Crippen LogP contribution in [0.4, 0.5) is 16.3 Å². The molecule has 2 heterocycles. The van der Waals surface area contributed by atoms with Crippen molar-refractivity contribution in [3.8, 4) is 5.88 Å². The highest BCUT2D eigenvalue weighted by Gasteiger charge is 2.23. The highest BCUT2D eigenvalue weighted by atomic mass is 35.5. The minimum atomic E-state index is -0.263. The van der Waals surface area contributed by atoms with Crippen LogP contribution in [0.15, 0.2) is 42.5 Å². The van der Waals surface area contributed by atoms with Crippen molar-refractivity contribution in [3.05, 3.63) is 53.1 Å². The van der Waals surface area contributed by atoms with E-state index in [2.05, 4.69) is 20.2 Å². The van der Waals surface area contributed by atoms with Crippen LogP contribution in [0, 0.1) is 0 Å². The maximum absolute atomic E-state index is 12.8. The highest BCUT2D eigenvalue weighted by molar-refractivity contribution is 6.31. The van der Waals surface area contributed by atoms with Crippen molar-refractivity contribution < 1.29 is 14.3 Å². The average molecular weight is 440 g/mol. The van der Waals surface area contributed by atoms with Crippen LogP contribution in [-0.2, 0) is 0 Å². The number of ketones is 1. The van der Waals surface area contributed by atoms with Crippen molar-refractivity contribution in [2.75, 3.05) is 43.5 Å². The number of carbonyl (C=O) groups excluding carboxylic acids is 2. The molecule has 160 valence electrons. The molecule has 4 rings (SSSR count). The number of amides is 2. The average Bonchev–Trinajstić information content (AvgIpc) is 2.78. The van der Waals surface area contributed by atoms with Gasteiger partial charge in [-0.15, -0.1) is 0 Å². The first-order valence-corrected chi connectivity index (χ1v) is 10.3. The summed E-state index contributed by atoms with van der Waals surface area (Å²) in [6, 6.07) is 12.4. The number of fused-ring (bicyclic) bond motifs is 1. The first-order chi connectivity index (χ1) is 14.9. The molecule has 1 aliphatic heterocycles. The lowest BCUT2D eigenvalue weighted by Gasteiger charge is -2.36. The Hall–Kier alpha value is -3.39. The van der Waals surface area contributed by atoms with Crippen LogP contribution in [0.1, 0.15) is 17.3 Å². The number of benzene rings is 2. The molecule has 1 aromatic heterocycles. The van der Waals surface area contributed by atoms with Gasteiger partial charge in [0.2, 0.25) is 0 Å². The van der Waals surface area contributed by atoms with Crippen molar-refractivity contribution in [1.82, 2.24) is 14.9 Å². The van der Waals surface area contributed by atoms with Crippen LogP contribution >= 0.6 is 11.6 Å². The summed E-state index contributed by atoms with van der Waals surface area (Å²) in [6.07, 6.45) is 0. The first kappa shape index (κ1) is 20.9. The van der Waals surface area contributed by atoms with E-state index in [1.165, 1.54) is 7.11 Å². The number of aromatic nitrogens is 2. The number of carbonyl (C=O) groups is 2. The lowest BCUT2D eigenvalue weighted by atomic mass is 10.1. The summed E-state index contributed by atoms with van der Waals surface area (Å²) >= 11 is 6.04. The molecule has 0 atom stereocenters. The van der Waals surface area contributed by atoms with Gasteiger partial charge in [-0.1, -0.05) is 11.6 Å². The summed E-state index contributed by atoms with van der Waals surface area (Å²) < 4.78 is 5.30. The van der Waals surface area contributed by atoms with Crippen LogP contribution in [0.3, 0.4) is 0 Å². The predicted octanol–water partition coefficient (Wildman–Crippen LogP) is 3.85. The Morgan fingerprint density at radius 3 is 2.35 bits per heavy atom. The Morgan fingerprint density at radius 2 is 1.71 bits per heavy atom. The van der Waals surface area contributed by atoms with Crippen molar-refractivity contribution in [2.45, 2.75) is 6.92 Å². The van der Waals surface area contributed by atoms with E-state index < -0.39 is 0 Å². The summed E-state index contributed by atoms with van der Waals surface area (Å²) in [5.41, 5.74) is 2.92. The number of Topliss-reactive ketones (excluding diaryl/α,β-unsaturated/α-hetero) is 1. The zero-order chi connectivity index (χ0) is 22.0. The molecule has 31 heavy (non-hydrogen) atoms. The van der Waals surface area contributed by atoms with E-state index in [-0.39, 0.29) is 23.5 Å². The Morgan fingerprint density at radius 1 is 1.00 bits per heavy atom. The minimum absolute atomic E-state index is 0.0440. The van der Waals surface area contributed by atoms with Gasteiger partial charge in [0.15, 0.2) is 11.6 Å². The van der Waals surface area contributed by atoms with Crippen molar-refractivity contribution in [3.63, 3.8) is 0 Å². The van der Waals surface area contributed by atoms with Gasteiger partial charge in [0.05, 0.1) is 18.1 Å². The third-order valence-corrected chi connectivity index (χ3v) is 5.45. The first-order valence-electron chi connectivity index (χ1n) is 9.88. The lowest BCUT2D eigenvalue weighted by molar-refractivity contribution is 0.101. The van der Waals surface area contributed by atoms with Gasteiger partial charge >= 0.3 is 6.03 Å². The monoisotopic (exact) mass is 439 g/mol. The second kappa shape index (κ2) is 8.77. The van der Waals surface area contributed by atoms with E-state index in [4.69, 9.17) is 16.3 Å². The van der Waals surface area contributed by atoms with Crippen LogP contribution in [0.2, 0.25) is 5.02 Å². The second-order valence-corrected chi connectivity index (χ2v) is 7.66. The van der Waals surface area contributed by atoms with Crippen molar-refractivity contribution in [2.24, 2.45) is 0 Å². The third-order valence-electron chi connectivity index (χ3n) is 5.22. The molecule has 0 unspecified atom stereocenters. The van der Waals surface area contributed by atoms with E-state index in [0.717, 1.165) is 5.69 Å². The Kier molecular flexibility index (Phi) is 5.90. The van der Waals surface area contributed by atoms with E-state index in [0.29, 0.717) is 47.8 Å². The summed E-state index contributed by atoms with van der Waals surface area (Å²) in [4.78, 5) is 37.0. The van der Waals surface area contributed by atoms with Crippen LogP contribution in [0.5, 0.6) is 5.88 Å². The van der Waals surface area contributed by atoms with Gasteiger partial charge in [-0.2, -0.15) is 0 Å². The molecule has 2 aromatic carbocycles.